The minimum atomic E-state index is -4.10. The Bertz CT molecular complexity index is 1760. The number of rotatable bonds is 12. The Hall–Kier alpha value is -3.03. The average molecular weight is 679 g/mol. The Morgan fingerprint density at radius 3 is 2.47 bits per heavy atom. The first-order chi connectivity index (χ1) is 21.5. The number of sulfonamides is 1. The van der Waals surface area contributed by atoms with E-state index in [1.54, 1.807) is 25.3 Å². The summed E-state index contributed by atoms with van der Waals surface area (Å²) in [5, 5.41) is 0.973. The van der Waals surface area contributed by atoms with E-state index in [-0.39, 0.29) is 23.8 Å². The largest absolute Gasteiger partial charge is 0.495 e. The summed E-state index contributed by atoms with van der Waals surface area (Å²) in [7, 11) is 1.19. The van der Waals surface area contributed by atoms with Gasteiger partial charge in [0.15, 0.2) is 5.16 Å². The number of hydrogen-bond acceptors (Lipinski definition) is 6. The summed E-state index contributed by atoms with van der Waals surface area (Å²) in [5.41, 5.74) is 3.11. The van der Waals surface area contributed by atoms with Crippen molar-refractivity contribution < 1.29 is 26.3 Å². The summed E-state index contributed by atoms with van der Waals surface area (Å²) < 4.78 is 79.7. The maximum atomic E-state index is 15.3. The van der Waals surface area contributed by atoms with Crippen molar-refractivity contribution in [2.45, 2.75) is 47.4 Å². The normalized spacial score (nSPS) is 15.0. The number of aromatic nitrogens is 2. The highest BCUT2D eigenvalue weighted by Crippen LogP contribution is 2.43. The van der Waals surface area contributed by atoms with Crippen LogP contribution in [0.25, 0.3) is 5.69 Å². The zero-order valence-corrected chi connectivity index (χ0v) is 27.5. The van der Waals surface area contributed by atoms with E-state index >= 15 is 8.78 Å². The topological polar surface area (TPSA) is 76.5 Å². The van der Waals surface area contributed by atoms with Crippen LogP contribution in [0.5, 0.6) is 5.75 Å². The fourth-order valence-corrected chi connectivity index (χ4v) is 7.80. The lowest BCUT2D eigenvalue weighted by Crippen LogP contribution is -2.27. The SMILES string of the molecule is COc1cc(C2CCCc3nc(SCc4c(F)cc(S(=O)(=O)NCCCN(C)C)cc4F)n(-c4ccc(F)cc4)c32)ccc1Cl. The van der Waals surface area contributed by atoms with Crippen LogP contribution in [0.3, 0.4) is 0 Å². The Kier molecular flexibility index (Phi) is 10.5. The molecule has 1 unspecified atom stereocenters. The molecule has 1 aliphatic rings. The molecule has 13 heteroatoms. The highest BCUT2D eigenvalue weighted by Gasteiger charge is 2.31. The van der Waals surface area contributed by atoms with Gasteiger partial charge >= 0.3 is 0 Å². The molecule has 0 bridgehead atoms. The molecule has 0 amide bonds. The molecule has 45 heavy (non-hydrogen) atoms. The summed E-state index contributed by atoms with van der Waals surface area (Å²) >= 11 is 7.42. The summed E-state index contributed by atoms with van der Waals surface area (Å²) in [4.78, 5) is 6.33. The van der Waals surface area contributed by atoms with Crippen molar-refractivity contribution in [1.82, 2.24) is 19.2 Å². The molecule has 0 fully saturated rings. The van der Waals surface area contributed by atoms with E-state index in [1.165, 1.54) is 12.1 Å². The van der Waals surface area contributed by atoms with Gasteiger partial charge in [-0.2, -0.15) is 0 Å². The number of nitrogens with zero attached hydrogens (tertiary/aromatic N) is 3. The van der Waals surface area contributed by atoms with Crippen molar-refractivity contribution in [3.8, 4) is 11.4 Å². The zero-order chi connectivity index (χ0) is 32.3. The molecule has 0 saturated carbocycles. The minimum absolute atomic E-state index is 0.0880. The van der Waals surface area contributed by atoms with Crippen molar-refractivity contribution in [2.75, 3.05) is 34.3 Å². The average Bonchev–Trinajstić information content (AvgIpc) is 3.38. The number of ether oxygens (including phenoxy) is 1. The summed E-state index contributed by atoms with van der Waals surface area (Å²) in [6.07, 6.45) is 2.94. The first-order valence-corrected chi connectivity index (χ1v) is 17.3. The van der Waals surface area contributed by atoms with Gasteiger partial charge in [0.05, 0.1) is 28.4 Å². The van der Waals surface area contributed by atoms with E-state index < -0.39 is 32.4 Å². The molecule has 1 N–H and O–H groups in total. The molecule has 1 atom stereocenters. The van der Waals surface area contributed by atoms with E-state index in [0.717, 1.165) is 53.7 Å². The number of halogens is 4. The summed E-state index contributed by atoms with van der Waals surface area (Å²) in [6, 6.07) is 13.3. The van der Waals surface area contributed by atoms with Crippen LogP contribution in [0.15, 0.2) is 64.6 Å². The smallest absolute Gasteiger partial charge is 0.240 e. The van der Waals surface area contributed by atoms with Crippen LogP contribution in [0, 0.1) is 17.5 Å². The van der Waals surface area contributed by atoms with Crippen LogP contribution in [-0.4, -0.2) is 57.2 Å². The molecule has 7 nitrogen and oxygen atoms in total. The Morgan fingerprint density at radius 2 is 1.80 bits per heavy atom. The van der Waals surface area contributed by atoms with Gasteiger partial charge in [-0.05, 0) is 100 Å². The van der Waals surface area contributed by atoms with Gasteiger partial charge in [-0.3, -0.25) is 4.57 Å². The predicted octanol–water partition coefficient (Wildman–Crippen LogP) is 6.94. The van der Waals surface area contributed by atoms with Crippen LogP contribution in [0.1, 0.15) is 47.7 Å². The first kappa shape index (κ1) is 33.3. The highest BCUT2D eigenvalue weighted by atomic mass is 35.5. The molecule has 240 valence electrons. The Morgan fingerprint density at radius 1 is 1.09 bits per heavy atom. The molecule has 3 aromatic carbocycles. The predicted molar refractivity (Wildman–Crippen MR) is 171 cm³/mol. The summed E-state index contributed by atoms with van der Waals surface area (Å²) in [5.74, 6) is -2.02. The number of benzene rings is 3. The second-order valence-corrected chi connectivity index (χ2v) is 14.2. The van der Waals surface area contributed by atoms with E-state index in [4.69, 9.17) is 21.3 Å². The van der Waals surface area contributed by atoms with Gasteiger partial charge in [0.25, 0.3) is 0 Å². The monoisotopic (exact) mass is 678 g/mol. The molecular weight excluding hydrogens is 645 g/mol. The third-order valence-electron chi connectivity index (χ3n) is 7.70. The van der Waals surface area contributed by atoms with E-state index in [0.29, 0.717) is 41.0 Å². The standard InChI is InChI=1S/C32H34ClF3N4O3S2/c1-39(2)15-5-14-37-45(41,42)23-17-27(35)25(28(36)18-23)19-44-32-38-29-7-4-6-24(20-8-13-26(33)30(16-20)43-3)31(29)40(32)22-11-9-21(34)10-12-22/h8-13,16-18,24,37H,4-7,14-15,19H2,1-3H3. The highest BCUT2D eigenvalue weighted by molar-refractivity contribution is 7.98. The van der Waals surface area contributed by atoms with Crippen LogP contribution in [0.2, 0.25) is 5.02 Å². The van der Waals surface area contributed by atoms with Gasteiger partial charge in [0.1, 0.15) is 23.2 Å². The number of nitrogens with one attached hydrogen (secondary N) is 1. The molecule has 1 heterocycles. The van der Waals surface area contributed by atoms with Gasteiger partial charge < -0.3 is 9.64 Å². The molecule has 5 rings (SSSR count). The zero-order valence-electron chi connectivity index (χ0n) is 25.1. The molecule has 0 radical (unpaired) electrons. The number of thioether (sulfide) groups is 1. The number of fused-ring (bicyclic) bond motifs is 1. The number of methoxy groups -OCH3 is 1. The minimum Gasteiger partial charge on any atom is -0.495 e. The fraction of sp³-hybridized carbons (Fsp3) is 0.344. The molecule has 0 spiro atoms. The maximum absolute atomic E-state index is 15.3. The molecule has 1 aliphatic carbocycles. The lowest BCUT2D eigenvalue weighted by Gasteiger charge is -2.26. The number of imidazole rings is 1. The van der Waals surface area contributed by atoms with Crippen molar-refractivity contribution in [3.05, 3.63) is 99.6 Å². The summed E-state index contributed by atoms with van der Waals surface area (Å²) in [6.45, 7) is 0.801. The van der Waals surface area contributed by atoms with Gasteiger partial charge in [0.2, 0.25) is 10.0 Å². The van der Waals surface area contributed by atoms with E-state index in [2.05, 4.69) is 4.72 Å². The lowest BCUT2D eigenvalue weighted by molar-refractivity contribution is 0.400. The van der Waals surface area contributed by atoms with Crippen molar-refractivity contribution in [3.63, 3.8) is 0 Å². The molecular formula is C32H34ClF3N4O3S2. The van der Waals surface area contributed by atoms with Crippen LogP contribution in [-0.2, 0) is 22.2 Å². The number of hydrogen-bond donors (Lipinski definition) is 1. The quantitative estimate of drug-likeness (QED) is 0.129. The van der Waals surface area contributed by atoms with Gasteiger partial charge in [0, 0.05) is 29.5 Å². The van der Waals surface area contributed by atoms with Crippen molar-refractivity contribution in [1.29, 1.82) is 0 Å². The van der Waals surface area contributed by atoms with E-state index in [9.17, 15) is 12.8 Å². The molecule has 0 aliphatic heterocycles. The Labute approximate surface area is 270 Å². The van der Waals surface area contributed by atoms with Crippen LogP contribution < -0.4 is 9.46 Å². The second kappa shape index (κ2) is 14.2. The molecule has 1 aromatic heterocycles. The molecule has 4 aromatic rings. The van der Waals surface area contributed by atoms with Gasteiger partial charge in [-0.25, -0.2) is 31.3 Å². The third kappa shape index (κ3) is 7.52. The Balaban J connectivity index is 1.47. The van der Waals surface area contributed by atoms with Gasteiger partial charge in [-0.1, -0.05) is 29.4 Å². The lowest BCUT2D eigenvalue weighted by atomic mass is 9.84. The first-order valence-electron chi connectivity index (χ1n) is 14.4. The van der Waals surface area contributed by atoms with Crippen molar-refractivity contribution in [2.24, 2.45) is 0 Å². The van der Waals surface area contributed by atoms with Crippen LogP contribution >= 0.6 is 23.4 Å². The second-order valence-electron chi connectivity index (χ2n) is 11.1. The maximum Gasteiger partial charge on any atom is 0.240 e. The number of aryl methyl sites for hydroxylation is 1. The van der Waals surface area contributed by atoms with Crippen molar-refractivity contribution >= 4 is 33.4 Å². The van der Waals surface area contributed by atoms with Gasteiger partial charge in [-0.15, -0.1) is 0 Å². The third-order valence-corrected chi connectivity index (χ3v) is 10.4. The van der Waals surface area contributed by atoms with E-state index in [1.807, 2.05) is 35.7 Å². The fourth-order valence-electron chi connectivity index (χ4n) is 5.45. The molecule has 0 saturated heterocycles. The van der Waals surface area contributed by atoms with Crippen LogP contribution in [0.4, 0.5) is 13.2 Å².